The van der Waals surface area contributed by atoms with Crippen LogP contribution in [0, 0.1) is 0 Å². The fraction of sp³-hybridized carbons (Fsp3) is 0. The maximum Gasteiger partial charge on any atom is 0.160 e. The zero-order chi connectivity index (χ0) is 66.1. The third-order valence-corrected chi connectivity index (χ3v) is 7.92. The lowest BCUT2D eigenvalue weighted by Gasteiger charge is -2.27. The topological polar surface area (TPSA) is 41.9 Å². The Kier molecular flexibility index (Phi) is 3.17. The van der Waals surface area contributed by atoms with Gasteiger partial charge < -0.3 is 4.90 Å². The van der Waals surface area contributed by atoms with Crippen LogP contribution >= 0.6 is 0 Å². The predicted molar refractivity (Wildman–Crippen MR) is 229 cm³/mol. The van der Waals surface area contributed by atoms with E-state index >= 15 is 0 Å². The van der Waals surface area contributed by atoms with Gasteiger partial charge >= 0.3 is 0 Å². The van der Waals surface area contributed by atoms with Gasteiger partial charge in [0.25, 0.3) is 0 Å². The van der Waals surface area contributed by atoms with Gasteiger partial charge in [-0.2, -0.15) is 0 Å². The molecule has 0 spiro atoms. The molecule has 2 heterocycles. The number of aromatic nitrogens is 3. The number of para-hydroxylation sites is 2. The summed E-state index contributed by atoms with van der Waals surface area (Å²) in [6.07, 6.45) is 0. The van der Waals surface area contributed by atoms with E-state index < -0.39 is 300 Å². The van der Waals surface area contributed by atoms with Crippen LogP contribution in [-0.2, 0) is 0 Å². The van der Waals surface area contributed by atoms with Crippen molar-refractivity contribution in [3.63, 3.8) is 0 Å². The van der Waals surface area contributed by atoms with E-state index in [0.29, 0.717) is 4.90 Å². The highest BCUT2D eigenvalue weighted by molar-refractivity contribution is 6.26. The molecule has 0 saturated carbocycles. The molecule has 0 amide bonds. The lowest BCUT2D eigenvalue weighted by molar-refractivity contribution is 1.18. The number of anilines is 3. The highest BCUT2D eigenvalue weighted by Gasteiger charge is 2.21. The van der Waals surface area contributed by atoms with Crippen LogP contribution in [0.15, 0.2) is 205 Å². The van der Waals surface area contributed by atoms with Crippen LogP contribution in [-0.4, -0.2) is 15.0 Å². The summed E-state index contributed by atoms with van der Waals surface area (Å²) >= 11 is 0. The highest BCUT2D eigenvalue weighted by atomic mass is 15.1. The minimum atomic E-state index is -1.23. The third-order valence-electron chi connectivity index (χ3n) is 7.92. The molecular weight excluding hydrogens is 669 g/mol. The van der Waals surface area contributed by atoms with Crippen molar-refractivity contribution in [1.82, 2.24) is 15.0 Å². The minimum Gasteiger partial charge on any atom is -0.310 e. The number of hydrogen-bond acceptors (Lipinski definition) is 4. The van der Waals surface area contributed by atoms with Crippen molar-refractivity contribution in [3.8, 4) is 45.2 Å². The fourth-order valence-corrected chi connectivity index (χ4v) is 5.67. The van der Waals surface area contributed by atoms with Crippen molar-refractivity contribution in [3.05, 3.63) is 205 Å². The average molecular weight is 737 g/mol. The molecule has 8 aromatic carbocycles. The van der Waals surface area contributed by atoms with E-state index in [1.807, 2.05) is 0 Å². The number of fused-ring (bicyclic) bond motifs is 5. The number of benzene rings is 8. The number of rotatable bonds is 7. The molecule has 4 nitrogen and oxygen atoms in total. The van der Waals surface area contributed by atoms with Crippen LogP contribution < -0.4 is 4.90 Å². The molecule has 10 rings (SSSR count). The molecule has 55 heavy (non-hydrogen) atoms. The smallest absolute Gasteiger partial charge is 0.160 e. The van der Waals surface area contributed by atoms with Gasteiger partial charge in [0.2, 0.25) is 0 Å². The lowest BCUT2D eigenvalue weighted by atomic mass is 9.93. The van der Waals surface area contributed by atoms with Crippen molar-refractivity contribution in [1.29, 1.82) is 0 Å². The molecule has 10 aromatic rings. The molecular formula is C51H34N4. The zero-order valence-electron chi connectivity index (χ0n) is 61.3. The Bertz CT molecular complexity index is 4700. The molecule has 0 saturated heterocycles. The molecule has 0 radical (unpaired) electrons. The second-order valence-electron chi connectivity index (χ2n) is 11.1. The first kappa shape index (κ1) is 12.6. The second-order valence-corrected chi connectivity index (χ2v) is 11.1. The Balaban J connectivity index is 1.49. The van der Waals surface area contributed by atoms with Crippen LogP contribution in [0.3, 0.4) is 0 Å². The summed E-state index contributed by atoms with van der Waals surface area (Å²) in [5.74, 6) is -1.05. The average Bonchev–Trinajstić information content (AvgIpc) is 0.693. The van der Waals surface area contributed by atoms with Crippen LogP contribution in [0.1, 0.15) is 46.6 Å². The largest absolute Gasteiger partial charge is 0.310 e. The van der Waals surface area contributed by atoms with Crippen molar-refractivity contribution >= 4 is 49.5 Å². The van der Waals surface area contributed by atoms with Crippen molar-refractivity contribution in [2.75, 3.05) is 4.90 Å². The summed E-state index contributed by atoms with van der Waals surface area (Å²) in [4.78, 5) is 13.6. The van der Waals surface area contributed by atoms with E-state index in [2.05, 4.69) is 15.0 Å². The molecule has 0 aliphatic heterocycles. The highest BCUT2D eigenvalue weighted by Crippen LogP contribution is 2.45. The SMILES string of the molecule is [2H]c1c(-c2c([2H])c([2H])c([2H])c([2H])c2[2H])nc(-c2c([2H])c([2H])c([2H])c(-c3nc4c([2H])c([2H])c([2H])c(N(c5c([2H])c([2H])c([2H])c([2H])c5[2H])c5c([2H])c([2H])c([2H])c([2H])c5[2H])c4c4c3c([2H])c([2H])c3c([2H])c([2H])c([2H])c([2H])c34)c2[2H])nc1-c1c([2H])c([2H])c([2H])c([2H])c1[2H]. The Morgan fingerprint density at radius 3 is 1.58 bits per heavy atom. The lowest BCUT2D eigenvalue weighted by Crippen LogP contribution is -2.10. The molecule has 0 aliphatic carbocycles. The number of nitrogens with zero attached hydrogens (tertiary/aromatic N) is 4. The molecule has 0 unspecified atom stereocenters. The molecule has 0 fully saturated rings. The first-order valence-corrected chi connectivity index (χ1v) is 15.8. The van der Waals surface area contributed by atoms with Gasteiger partial charge in [0.05, 0.1) is 74.9 Å². The summed E-state index contributed by atoms with van der Waals surface area (Å²) in [5, 5.41) is -4.26. The second kappa shape index (κ2) is 13.8. The summed E-state index contributed by atoms with van der Waals surface area (Å²) in [5.41, 5.74) is -10.9. The van der Waals surface area contributed by atoms with E-state index in [4.69, 9.17) is 26.0 Å². The first-order chi connectivity index (χ1) is 41.4. The van der Waals surface area contributed by atoms with Crippen molar-refractivity contribution in [2.45, 2.75) is 0 Å². The Hall–Kier alpha value is -7.43. The van der Waals surface area contributed by atoms with E-state index in [1.54, 1.807) is 0 Å². The van der Waals surface area contributed by atoms with Gasteiger partial charge in [0.15, 0.2) is 5.82 Å². The number of pyridine rings is 1. The van der Waals surface area contributed by atoms with Crippen LogP contribution in [0.4, 0.5) is 17.1 Å². The van der Waals surface area contributed by atoms with Crippen molar-refractivity contribution in [2.24, 2.45) is 0 Å². The Morgan fingerprint density at radius 1 is 0.382 bits per heavy atom. The fourth-order valence-electron chi connectivity index (χ4n) is 5.67. The van der Waals surface area contributed by atoms with Gasteiger partial charge in [0.1, 0.15) is 0 Å². The van der Waals surface area contributed by atoms with Gasteiger partial charge in [-0.05, 0) is 59.1 Å². The predicted octanol–water partition coefficient (Wildman–Crippen LogP) is 13.5. The van der Waals surface area contributed by atoms with Crippen LogP contribution in [0.5, 0.6) is 0 Å². The number of hydrogen-bond donors (Lipinski definition) is 0. The maximum atomic E-state index is 10.0. The third kappa shape index (κ3) is 5.96. The first-order valence-electron chi connectivity index (χ1n) is 32.8. The monoisotopic (exact) mass is 736 g/mol. The van der Waals surface area contributed by atoms with E-state index in [9.17, 15) is 20.6 Å². The summed E-state index contributed by atoms with van der Waals surface area (Å²) in [6, 6.07) is -36.7. The molecule has 4 heteroatoms. The summed E-state index contributed by atoms with van der Waals surface area (Å²) < 4.78 is 305. The van der Waals surface area contributed by atoms with E-state index in [1.165, 1.54) is 0 Å². The molecule has 0 atom stereocenters. The summed E-state index contributed by atoms with van der Waals surface area (Å²) in [6.45, 7) is 0. The van der Waals surface area contributed by atoms with Gasteiger partial charge in [-0.25, -0.2) is 15.0 Å². The molecule has 0 N–H and O–H groups in total. The molecule has 0 bridgehead atoms. The van der Waals surface area contributed by atoms with Crippen LogP contribution in [0.25, 0.3) is 77.6 Å². The van der Waals surface area contributed by atoms with E-state index in [-0.39, 0.29) is 0 Å². The van der Waals surface area contributed by atoms with Gasteiger partial charge in [-0.1, -0.05) is 157 Å². The standard InChI is InChI=1S/C51H34N4/c1-5-18-36(19-6-1)45-34-46(37-20-7-2-8-21-37)54-51(53-45)39-23-15-22-38(33-39)50-43-32-31-35-17-13-14-28-42(35)48(43)49-44(52-50)29-16-30-47(49)55(40-24-9-3-10-25-40)41-26-11-4-12-27-41/h1-34H/i1D,2D,3D,4D,5D,6D,7D,8D,9D,10D,11D,12D,13D,14D,15D,16D,17D,18D,19D,20D,21D,22D,23D,24D,25D,26D,27D,28D,29D,30D,31D,32D,33D,34D. The summed E-state index contributed by atoms with van der Waals surface area (Å²) in [7, 11) is 0. The van der Waals surface area contributed by atoms with Gasteiger partial charge in [0, 0.05) is 49.8 Å². The van der Waals surface area contributed by atoms with Crippen LogP contribution in [0.2, 0.25) is 0 Å². The Morgan fingerprint density at radius 2 is 0.927 bits per heavy atom. The zero-order valence-corrected chi connectivity index (χ0v) is 27.3. The van der Waals surface area contributed by atoms with E-state index in [0.717, 1.165) is 0 Å². The van der Waals surface area contributed by atoms with Crippen molar-refractivity contribution < 1.29 is 46.6 Å². The Labute approximate surface area is 367 Å². The minimum absolute atomic E-state index is 0.396. The molecule has 2 aromatic heterocycles. The van der Waals surface area contributed by atoms with Gasteiger partial charge in [-0.15, -0.1) is 0 Å². The molecule has 258 valence electrons. The maximum absolute atomic E-state index is 10.0. The quantitative estimate of drug-likeness (QED) is 0.153. The van der Waals surface area contributed by atoms with Gasteiger partial charge in [-0.3, -0.25) is 0 Å². The molecule has 0 aliphatic rings. The normalized spacial score (nSPS) is 19.9.